The van der Waals surface area contributed by atoms with Crippen molar-refractivity contribution in [3.63, 3.8) is 0 Å². The number of piperazine rings is 1. The van der Waals surface area contributed by atoms with Gasteiger partial charge >= 0.3 is 0 Å². The minimum absolute atomic E-state index is 0. The molecule has 0 saturated carbocycles. The van der Waals surface area contributed by atoms with E-state index in [0.717, 1.165) is 64.7 Å². The van der Waals surface area contributed by atoms with Crippen molar-refractivity contribution >= 4 is 35.8 Å². The van der Waals surface area contributed by atoms with Crippen LogP contribution in [0, 0.1) is 0 Å². The third-order valence-corrected chi connectivity index (χ3v) is 5.36. The maximum absolute atomic E-state index is 12.0. The molecule has 0 unspecified atom stereocenters. The molecule has 0 aromatic heterocycles. The lowest BCUT2D eigenvalue weighted by Gasteiger charge is -2.38. The highest BCUT2D eigenvalue weighted by Gasteiger charge is 2.33. The number of methoxy groups -OCH3 is 2. The van der Waals surface area contributed by atoms with Gasteiger partial charge in [-0.3, -0.25) is 14.7 Å². The molecule has 0 spiro atoms. The molecule has 2 N–H and O–H groups in total. The number of rotatable bonds is 9. The molecule has 2 aliphatic heterocycles. The molecule has 0 bridgehead atoms. The molecule has 1 amide bonds. The van der Waals surface area contributed by atoms with Gasteiger partial charge in [0.1, 0.15) is 0 Å². The van der Waals surface area contributed by atoms with Crippen LogP contribution in [0.15, 0.2) is 4.99 Å². The molecule has 9 nitrogen and oxygen atoms in total. The van der Waals surface area contributed by atoms with E-state index >= 15 is 0 Å². The number of hydrogen-bond acceptors (Lipinski definition) is 6. The first-order chi connectivity index (χ1) is 13.6. The van der Waals surface area contributed by atoms with E-state index in [-0.39, 0.29) is 35.5 Å². The number of nitrogens with zero attached hydrogens (tertiary/aromatic N) is 3. The summed E-state index contributed by atoms with van der Waals surface area (Å²) in [5.74, 6) is 0.974. The molecule has 0 radical (unpaired) electrons. The van der Waals surface area contributed by atoms with E-state index in [1.165, 1.54) is 0 Å². The van der Waals surface area contributed by atoms with Crippen molar-refractivity contribution in [2.75, 3.05) is 86.4 Å². The summed E-state index contributed by atoms with van der Waals surface area (Å²) in [4.78, 5) is 21.3. The topological polar surface area (TPSA) is 87.7 Å². The van der Waals surface area contributed by atoms with Crippen LogP contribution in [0.2, 0.25) is 0 Å². The number of hydrogen-bond donors (Lipinski definition) is 2. The Morgan fingerprint density at radius 1 is 1.14 bits per heavy atom. The summed E-state index contributed by atoms with van der Waals surface area (Å²) in [5, 5.41) is 6.27. The second kappa shape index (κ2) is 14.3. The summed E-state index contributed by atoms with van der Waals surface area (Å²) in [7, 11) is 3.40. The first kappa shape index (κ1) is 26.3. The highest BCUT2D eigenvalue weighted by molar-refractivity contribution is 14.0. The zero-order chi connectivity index (χ0) is 20.2. The third-order valence-electron chi connectivity index (χ3n) is 5.36. The molecule has 2 heterocycles. The van der Waals surface area contributed by atoms with Crippen LogP contribution in [0.5, 0.6) is 0 Å². The van der Waals surface area contributed by atoms with Crippen LogP contribution >= 0.6 is 24.0 Å². The van der Waals surface area contributed by atoms with E-state index < -0.39 is 0 Å². The first-order valence-electron chi connectivity index (χ1n) is 10.3. The van der Waals surface area contributed by atoms with Crippen LogP contribution in [0.1, 0.15) is 19.8 Å². The number of carbonyl (C=O) groups is 1. The van der Waals surface area contributed by atoms with Crippen molar-refractivity contribution in [2.45, 2.75) is 25.4 Å². The third kappa shape index (κ3) is 8.91. The van der Waals surface area contributed by atoms with Gasteiger partial charge in [0.2, 0.25) is 5.91 Å². The van der Waals surface area contributed by atoms with Crippen molar-refractivity contribution in [2.24, 2.45) is 4.99 Å². The van der Waals surface area contributed by atoms with Gasteiger partial charge in [-0.05, 0) is 6.92 Å². The van der Waals surface area contributed by atoms with Gasteiger partial charge in [-0.1, -0.05) is 0 Å². The minimum atomic E-state index is -0.221. The summed E-state index contributed by atoms with van der Waals surface area (Å²) < 4.78 is 16.2. The summed E-state index contributed by atoms with van der Waals surface area (Å²) in [6.07, 6.45) is 1.75. The van der Waals surface area contributed by atoms with E-state index in [1.54, 1.807) is 14.2 Å². The average molecular weight is 527 g/mol. The summed E-state index contributed by atoms with van der Waals surface area (Å²) in [6.45, 7) is 9.89. The number of guanidine groups is 1. The summed E-state index contributed by atoms with van der Waals surface area (Å²) >= 11 is 0. The molecular weight excluding hydrogens is 489 g/mol. The Hall–Kier alpha value is -0.690. The van der Waals surface area contributed by atoms with Crippen molar-refractivity contribution in [1.82, 2.24) is 20.4 Å². The number of carbonyl (C=O) groups excluding carboxylic acids is 1. The Labute approximate surface area is 191 Å². The molecule has 10 heteroatoms. The Morgan fingerprint density at radius 3 is 2.41 bits per heavy atom. The molecular formula is C19H38IN5O4. The molecule has 0 aromatic carbocycles. The molecule has 0 atom stereocenters. The van der Waals surface area contributed by atoms with Gasteiger partial charge in [0.15, 0.2) is 5.96 Å². The maximum Gasteiger partial charge on any atom is 0.234 e. The van der Waals surface area contributed by atoms with Crippen LogP contribution in [0.25, 0.3) is 0 Å². The predicted molar refractivity (Wildman–Crippen MR) is 124 cm³/mol. The quantitative estimate of drug-likeness (QED) is 0.191. The highest BCUT2D eigenvalue weighted by Crippen LogP contribution is 2.24. The predicted octanol–water partition coefficient (Wildman–Crippen LogP) is 0.146. The fourth-order valence-electron chi connectivity index (χ4n) is 3.48. The number of amides is 1. The fraction of sp³-hybridized carbons (Fsp3) is 0.895. The van der Waals surface area contributed by atoms with Crippen molar-refractivity contribution in [3.8, 4) is 0 Å². The summed E-state index contributed by atoms with van der Waals surface area (Å²) in [6, 6.07) is 0. The number of aliphatic imine (C=N–C) groups is 1. The monoisotopic (exact) mass is 527 g/mol. The molecule has 2 saturated heterocycles. The molecule has 0 aliphatic carbocycles. The van der Waals surface area contributed by atoms with Crippen molar-refractivity contribution in [3.05, 3.63) is 0 Å². The van der Waals surface area contributed by atoms with Crippen LogP contribution < -0.4 is 10.6 Å². The SMILES string of the molecule is CCNC(=NCC1(OC)CCOCC1)N1CCN(CC(=O)NCCOC)CC1.I. The van der Waals surface area contributed by atoms with Crippen molar-refractivity contribution < 1.29 is 19.0 Å². The zero-order valence-corrected chi connectivity index (χ0v) is 20.4. The van der Waals surface area contributed by atoms with E-state index in [4.69, 9.17) is 19.2 Å². The van der Waals surface area contributed by atoms with Gasteiger partial charge in [0.25, 0.3) is 0 Å². The second-order valence-electron chi connectivity index (χ2n) is 7.28. The van der Waals surface area contributed by atoms with Gasteiger partial charge in [0, 0.05) is 79.5 Å². The van der Waals surface area contributed by atoms with Gasteiger partial charge in [0.05, 0.1) is 25.3 Å². The normalized spacial score (nSPS) is 20.1. The number of nitrogens with one attached hydrogen (secondary N) is 2. The number of ether oxygens (including phenoxy) is 3. The summed E-state index contributed by atoms with van der Waals surface area (Å²) in [5.41, 5.74) is -0.221. The smallest absolute Gasteiger partial charge is 0.234 e. The highest BCUT2D eigenvalue weighted by atomic mass is 127. The lowest BCUT2D eigenvalue weighted by atomic mass is 9.94. The molecule has 170 valence electrons. The van der Waals surface area contributed by atoms with Gasteiger partial charge in [-0.25, -0.2) is 0 Å². The second-order valence-corrected chi connectivity index (χ2v) is 7.28. The van der Waals surface area contributed by atoms with Crippen molar-refractivity contribution in [1.29, 1.82) is 0 Å². The van der Waals surface area contributed by atoms with Gasteiger partial charge in [-0.2, -0.15) is 0 Å². The Morgan fingerprint density at radius 2 is 1.83 bits per heavy atom. The largest absolute Gasteiger partial charge is 0.383 e. The lowest BCUT2D eigenvalue weighted by molar-refractivity contribution is -0.122. The maximum atomic E-state index is 12.0. The van der Waals surface area contributed by atoms with Crippen LogP contribution in [0.4, 0.5) is 0 Å². The molecule has 2 fully saturated rings. The minimum Gasteiger partial charge on any atom is -0.383 e. The van der Waals surface area contributed by atoms with E-state index in [0.29, 0.717) is 26.2 Å². The Balaban J connectivity index is 0.00000420. The molecule has 2 rings (SSSR count). The molecule has 0 aromatic rings. The fourth-order valence-corrected chi connectivity index (χ4v) is 3.48. The van der Waals surface area contributed by atoms with Crippen LogP contribution in [-0.2, 0) is 19.0 Å². The average Bonchev–Trinajstić information content (AvgIpc) is 2.73. The van der Waals surface area contributed by atoms with E-state index in [2.05, 4.69) is 27.4 Å². The van der Waals surface area contributed by atoms with Crippen LogP contribution in [0.3, 0.4) is 0 Å². The Bertz CT molecular complexity index is 495. The van der Waals surface area contributed by atoms with Crippen LogP contribution in [-0.4, -0.2) is 114 Å². The molecule has 29 heavy (non-hydrogen) atoms. The standard InChI is InChI=1S/C19H37N5O4.HI/c1-4-20-18(22-16-19(27-3)5-12-28-13-6-19)24-10-8-23(9-11-24)15-17(25)21-7-14-26-2;/h4-16H2,1-3H3,(H,20,22)(H,21,25);1H. The lowest BCUT2D eigenvalue weighted by Crippen LogP contribution is -2.54. The zero-order valence-electron chi connectivity index (χ0n) is 18.1. The first-order valence-corrected chi connectivity index (χ1v) is 10.3. The van der Waals surface area contributed by atoms with Gasteiger partial charge in [-0.15, -0.1) is 24.0 Å². The van der Waals surface area contributed by atoms with Gasteiger partial charge < -0.3 is 29.7 Å². The van der Waals surface area contributed by atoms with E-state index in [1.807, 2.05) is 0 Å². The van der Waals surface area contributed by atoms with E-state index in [9.17, 15) is 4.79 Å². The molecule has 2 aliphatic rings. The number of halogens is 1. The Kier molecular flexibility index (Phi) is 13.0.